The fraction of sp³-hybridized carbons (Fsp3) is 0.565. The number of aryl methyl sites for hydroxylation is 1. The van der Waals surface area contributed by atoms with Crippen LogP contribution < -0.4 is 5.32 Å². The zero-order chi connectivity index (χ0) is 22.1. The molecule has 3 unspecified atom stereocenters. The first-order chi connectivity index (χ1) is 14.8. The summed E-state index contributed by atoms with van der Waals surface area (Å²) in [5.41, 5.74) is 1.90. The molecule has 1 aromatic heterocycles. The summed E-state index contributed by atoms with van der Waals surface area (Å²) in [6.45, 7) is 6.36. The maximum Gasteiger partial charge on any atom is 0.268 e. The molecule has 0 bridgehead atoms. The van der Waals surface area contributed by atoms with Crippen molar-refractivity contribution in [1.29, 1.82) is 0 Å². The minimum Gasteiger partial charge on any atom is -0.378 e. The van der Waals surface area contributed by atoms with Gasteiger partial charge in [-0.25, -0.2) is 4.39 Å². The van der Waals surface area contributed by atoms with E-state index in [0.29, 0.717) is 29.8 Å². The van der Waals surface area contributed by atoms with E-state index in [-0.39, 0.29) is 35.8 Å². The number of likely N-dealkylation sites (tertiary alicyclic amines) is 1. The number of aromatic nitrogens is 1. The Balaban J connectivity index is 1.40. The number of aromatic amines is 1. The van der Waals surface area contributed by atoms with Crippen LogP contribution in [-0.4, -0.2) is 78.1 Å². The topological polar surface area (TPSA) is 77.7 Å². The van der Waals surface area contributed by atoms with Gasteiger partial charge in [-0.05, 0) is 50.4 Å². The number of nitrogens with zero attached hydrogens (tertiary/aromatic N) is 2. The number of halogens is 1. The number of H-pyrrole nitrogens is 1. The molecular weight excluding hydrogens is 399 g/mol. The van der Waals surface area contributed by atoms with E-state index >= 15 is 0 Å². The Morgan fingerprint density at radius 3 is 2.87 bits per heavy atom. The number of fused-ring (bicyclic) bond motifs is 1. The standard InChI is InChI=1S/C23H31FN4O3/c1-14-6-7-20(24)19-10-21(26-22(14)19)23(30)25-16-9-18(13-31-12-16)28-8-4-5-17(11-28)27(3)15(2)29/h6-7,10,16-18,26H,4-5,8-9,11-13H2,1-3H3,(H,25,30). The summed E-state index contributed by atoms with van der Waals surface area (Å²) in [7, 11) is 1.86. The molecule has 8 heteroatoms. The fourth-order valence-electron chi connectivity index (χ4n) is 4.76. The molecule has 0 radical (unpaired) electrons. The van der Waals surface area contributed by atoms with Crippen molar-refractivity contribution in [3.63, 3.8) is 0 Å². The number of nitrogens with one attached hydrogen (secondary N) is 2. The fourth-order valence-corrected chi connectivity index (χ4v) is 4.76. The van der Waals surface area contributed by atoms with Gasteiger partial charge in [-0.1, -0.05) is 6.07 Å². The van der Waals surface area contributed by atoms with Crippen molar-refractivity contribution in [2.24, 2.45) is 0 Å². The predicted octanol–water partition coefficient (Wildman–Crippen LogP) is 2.45. The van der Waals surface area contributed by atoms with Gasteiger partial charge in [0.1, 0.15) is 11.5 Å². The second-order valence-electron chi connectivity index (χ2n) is 8.85. The van der Waals surface area contributed by atoms with Crippen molar-refractivity contribution in [1.82, 2.24) is 20.1 Å². The lowest BCUT2D eigenvalue weighted by Gasteiger charge is -2.43. The van der Waals surface area contributed by atoms with Crippen LogP contribution in [0, 0.1) is 12.7 Å². The normalized spacial score (nSPS) is 24.8. The predicted molar refractivity (Wildman–Crippen MR) is 117 cm³/mol. The lowest BCUT2D eigenvalue weighted by molar-refractivity contribution is -0.131. The van der Waals surface area contributed by atoms with Crippen LogP contribution in [0.15, 0.2) is 18.2 Å². The number of hydrogen-bond donors (Lipinski definition) is 2. The Labute approximate surface area is 181 Å². The summed E-state index contributed by atoms with van der Waals surface area (Å²) in [5, 5.41) is 3.48. The molecular formula is C23H31FN4O3. The SMILES string of the molecule is CC(=O)N(C)C1CCCN(C2COCC(NC(=O)c3cc4c(F)ccc(C)c4[nH]3)C2)C1. The van der Waals surface area contributed by atoms with E-state index in [0.717, 1.165) is 37.9 Å². The van der Waals surface area contributed by atoms with Crippen molar-refractivity contribution < 1.29 is 18.7 Å². The van der Waals surface area contributed by atoms with E-state index in [9.17, 15) is 14.0 Å². The molecule has 0 spiro atoms. The molecule has 1 aromatic carbocycles. The van der Waals surface area contributed by atoms with Gasteiger partial charge in [-0.2, -0.15) is 0 Å². The van der Waals surface area contributed by atoms with Crippen LogP contribution in [0.4, 0.5) is 4.39 Å². The van der Waals surface area contributed by atoms with Crippen LogP contribution in [-0.2, 0) is 9.53 Å². The Hall–Kier alpha value is -2.45. The second kappa shape index (κ2) is 8.96. The highest BCUT2D eigenvalue weighted by molar-refractivity contribution is 5.99. The third kappa shape index (κ3) is 4.60. The molecule has 3 atom stereocenters. The van der Waals surface area contributed by atoms with Crippen LogP contribution in [0.2, 0.25) is 0 Å². The van der Waals surface area contributed by atoms with Crippen LogP contribution >= 0.6 is 0 Å². The number of rotatable bonds is 4. The molecule has 2 fully saturated rings. The van der Waals surface area contributed by atoms with E-state index in [1.54, 1.807) is 19.1 Å². The van der Waals surface area contributed by atoms with Crippen molar-refractivity contribution in [3.8, 4) is 0 Å². The van der Waals surface area contributed by atoms with Crippen LogP contribution in [0.25, 0.3) is 10.9 Å². The average molecular weight is 431 g/mol. The highest BCUT2D eigenvalue weighted by Gasteiger charge is 2.33. The smallest absolute Gasteiger partial charge is 0.268 e. The highest BCUT2D eigenvalue weighted by Crippen LogP contribution is 2.24. The average Bonchev–Trinajstić information content (AvgIpc) is 3.23. The summed E-state index contributed by atoms with van der Waals surface area (Å²) in [6, 6.07) is 4.98. The van der Waals surface area contributed by atoms with Crippen LogP contribution in [0.5, 0.6) is 0 Å². The highest BCUT2D eigenvalue weighted by atomic mass is 19.1. The number of piperidine rings is 1. The van der Waals surface area contributed by atoms with E-state index in [1.807, 2.05) is 18.9 Å². The van der Waals surface area contributed by atoms with Gasteiger partial charge in [0.05, 0.1) is 24.8 Å². The van der Waals surface area contributed by atoms with Crippen molar-refractivity contribution >= 4 is 22.7 Å². The quantitative estimate of drug-likeness (QED) is 0.781. The molecule has 2 aliphatic rings. The van der Waals surface area contributed by atoms with Crippen LogP contribution in [0.1, 0.15) is 42.2 Å². The number of amides is 2. The van der Waals surface area contributed by atoms with Gasteiger partial charge < -0.3 is 19.9 Å². The maximum absolute atomic E-state index is 14.1. The van der Waals surface area contributed by atoms with Gasteiger partial charge in [-0.3, -0.25) is 14.5 Å². The Bertz CT molecular complexity index is 936. The lowest BCUT2D eigenvalue weighted by atomic mass is 9.98. The van der Waals surface area contributed by atoms with Gasteiger partial charge in [0, 0.05) is 38.0 Å². The molecule has 2 aliphatic heterocycles. The first-order valence-electron chi connectivity index (χ1n) is 11.0. The molecule has 7 nitrogen and oxygen atoms in total. The number of likely N-dealkylation sites (N-methyl/N-ethyl adjacent to an activating group) is 1. The molecule has 168 valence electrons. The minimum absolute atomic E-state index is 0.0851. The summed E-state index contributed by atoms with van der Waals surface area (Å²) >= 11 is 0. The second-order valence-corrected chi connectivity index (χ2v) is 8.85. The summed E-state index contributed by atoms with van der Waals surface area (Å²) in [6.07, 6.45) is 2.84. The Morgan fingerprint density at radius 2 is 2.13 bits per heavy atom. The third-order valence-corrected chi connectivity index (χ3v) is 6.70. The van der Waals surface area contributed by atoms with E-state index in [2.05, 4.69) is 15.2 Å². The summed E-state index contributed by atoms with van der Waals surface area (Å²) in [4.78, 5) is 31.8. The molecule has 4 rings (SSSR count). The summed E-state index contributed by atoms with van der Waals surface area (Å²) in [5.74, 6) is -0.508. The zero-order valence-corrected chi connectivity index (χ0v) is 18.4. The molecule has 2 saturated heterocycles. The first kappa shape index (κ1) is 21.8. The van der Waals surface area contributed by atoms with Crippen molar-refractivity contribution in [3.05, 3.63) is 35.3 Å². The van der Waals surface area contributed by atoms with Crippen LogP contribution in [0.3, 0.4) is 0 Å². The van der Waals surface area contributed by atoms with Gasteiger partial charge in [-0.15, -0.1) is 0 Å². The lowest BCUT2D eigenvalue weighted by Crippen LogP contribution is -2.56. The Morgan fingerprint density at radius 1 is 1.32 bits per heavy atom. The van der Waals surface area contributed by atoms with Gasteiger partial charge in [0.25, 0.3) is 5.91 Å². The number of benzene rings is 1. The summed E-state index contributed by atoms with van der Waals surface area (Å²) < 4.78 is 19.9. The molecule has 0 saturated carbocycles. The number of hydrogen-bond acceptors (Lipinski definition) is 4. The Kier molecular flexibility index (Phi) is 6.29. The zero-order valence-electron chi connectivity index (χ0n) is 18.4. The monoisotopic (exact) mass is 430 g/mol. The van der Waals surface area contributed by atoms with E-state index in [1.165, 1.54) is 6.07 Å². The molecule has 2 amide bonds. The maximum atomic E-state index is 14.1. The number of ether oxygens (including phenoxy) is 1. The van der Waals surface area contributed by atoms with E-state index in [4.69, 9.17) is 4.74 Å². The minimum atomic E-state index is -0.341. The first-order valence-corrected chi connectivity index (χ1v) is 11.0. The van der Waals surface area contributed by atoms with Crippen molar-refractivity contribution in [2.75, 3.05) is 33.4 Å². The van der Waals surface area contributed by atoms with Gasteiger partial charge in [0.2, 0.25) is 5.91 Å². The molecule has 0 aliphatic carbocycles. The molecule has 2 N–H and O–H groups in total. The molecule has 3 heterocycles. The third-order valence-electron chi connectivity index (χ3n) is 6.70. The van der Waals surface area contributed by atoms with E-state index < -0.39 is 0 Å². The van der Waals surface area contributed by atoms with Crippen molar-refractivity contribution in [2.45, 2.75) is 51.2 Å². The number of carbonyl (C=O) groups is 2. The number of carbonyl (C=O) groups excluding carboxylic acids is 2. The van der Waals surface area contributed by atoms with Gasteiger partial charge >= 0.3 is 0 Å². The van der Waals surface area contributed by atoms with Gasteiger partial charge in [0.15, 0.2) is 0 Å². The molecule has 31 heavy (non-hydrogen) atoms. The largest absolute Gasteiger partial charge is 0.378 e. The molecule has 2 aromatic rings.